The molecule has 0 spiro atoms. The quantitative estimate of drug-likeness (QED) is 0.573. The van der Waals surface area contributed by atoms with E-state index in [-0.39, 0.29) is 19.4 Å². The van der Waals surface area contributed by atoms with Gasteiger partial charge in [-0.15, -0.1) is 5.10 Å². The second-order valence-corrected chi connectivity index (χ2v) is 6.35. The molecule has 0 aliphatic carbocycles. The Morgan fingerprint density at radius 3 is 2.54 bits per heavy atom. The number of hydrogen-bond acceptors (Lipinski definition) is 5. The van der Waals surface area contributed by atoms with Gasteiger partial charge in [-0.3, -0.25) is 14.4 Å². The summed E-state index contributed by atoms with van der Waals surface area (Å²) in [5, 5.41) is 19.8. The van der Waals surface area contributed by atoms with Crippen molar-refractivity contribution in [3.05, 3.63) is 70.5 Å². The van der Waals surface area contributed by atoms with E-state index >= 15 is 0 Å². The van der Waals surface area contributed by atoms with E-state index in [1.54, 1.807) is 24.3 Å². The maximum absolute atomic E-state index is 12.9. The Morgan fingerprint density at radius 1 is 1.07 bits per heavy atom. The third kappa shape index (κ3) is 4.59. The number of aromatic nitrogens is 3. The molecule has 1 atom stereocenters. The molecule has 1 heterocycles. The number of carbonyl (C=O) groups excluding carboxylic acids is 1. The molecule has 0 fully saturated rings. The lowest BCUT2D eigenvalue weighted by Gasteiger charge is -2.18. The minimum absolute atomic E-state index is 0.0423. The molecule has 0 aliphatic rings. The summed E-state index contributed by atoms with van der Waals surface area (Å²) in [6.07, 6.45) is 0.523. The lowest BCUT2D eigenvalue weighted by molar-refractivity contribution is -0.137. The molecule has 0 radical (unpaired) electrons. The summed E-state index contributed by atoms with van der Waals surface area (Å²) in [5.74, 6) is -1.33. The standard InChI is InChI=1S/C20H20N4O4/c25-18(26)11-6-12-21-19(27)17(13-14-7-2-1-3-8-14)24-20(28)15-9-4-5-10-16(15)22-23-24/h1-5,7-10,17H,6,11-13H2,(H,21,27)(H,25,26)/t17-/m0/s1. The van der Waals surface area contributed by atoms with E-state index in [2.05, 4.69) is 15.6 Å². The van der Waals surface area contributed by atoms with E-state index in [1.807, 2.05) is 30.3 Å². The molecule has 0 unspecified atom stereocenters. The minimum Gasteiger partial charge on any atom is -0.481 e. The molecule has 3 rings (SSSR count). The molecule has 2 aromatic carbocycles. The maximum Gasteiger partial charge on any atom is 0.303 e. The molecule has 2 N–H and O–H groups in total. The smallest absolute Gasteiger partial charge is 0.303 e. The number of nitrogens with zero attached hydrogens (tertiary/aromatic N) is 3. The van der Waals surface area contributed by atoms with Crippen LogP contribution in [0, 0.1) is 0 Å². The number of carboxylic acid groups (broad SMARTS) is 1. The number of nitrogens with one attached hydrogen (secondary N) is 1. The van der Waals surface area contributed by atoms with Gasteiger partial charge in [-0.1, -0.05) is 47.7 Å². The molecule has 144 valence electrons. The first-order valence-corrected chi connectivity index (χ1v) is 8.94. The van der Waals surface area contributed by atoms with Crippen LogP contribution in [-0.4, -0.2) is 38.5 Å². The second-order valence-electron chi connectivity index (χ2n) is 6.35. The Hall–Kier alpha value is -3.55. The highest BCUT2D eigenvalue weighted by Crippen LogP contribution is 2.14. The predicted molar refractivity (Wildman–Crippen MR) is 103 cm³/mol. The predicted octanol–water partition coefficient (Wildman–Crippen LogP) is 1.56. The monoisotopic (exact) mass is 380 g/mol. The summed E-state index contributed by atoms with van der Waals surface area (Å²) >= 11 is 0. The number of carbonyl (C=O) groups is 2. The summed E-state index contributed by atoms with van der Waals surface area (Å²) in [7, 11) is 0. The molecule has 8 heteroatoms. The average molecular weight is 380 g/mol. The van der Waals surface area contributed by atoms with Gasteiger partial charge in [0, 0.05) is 19.4 Å². The first-order valence-electron chi connectivity index (χ1n) is 8.94. The van der Waals surface area contributed by atoms with E-state index < -0.39 is 23.5 Å². The van der Waals surface area contributed by atoms with Gasteiger partial charge in [-0.05, 0) is 24.1 Å². The molecule has 1 amide bonds. The van der Waals surface area contributed by atoms with Crippen molar-refractivity contribution in [2.45, 2.75) is 25.3 Å². The van der Waals surface area contributed by atoms with Crippen LogP contribution in [0.15, 0.2) is 59.4 Å². The largest absolute Gasteiger partial charge is 0.481 e. The first kappa shape index (κ1) is 19.2. The molecule has 1 aromatic heterocycles. The zero-order valence-electron chi connectivity index (χ0n) is 15.1. The topological polar surface area (TPSA) is 114 Å². The third-order valence-corrected chi connectivity index (χ3v) is 4.33. The van der Waals surface area contributed by atoms with Crippen LogP contribution in [0.3, 0.4) is 0 Å². The van der Waals surface area contributed by atoms with E-state index in [4.69, 9.17) is 5.11 Å². The molecule has 0 aliphatic heterocycles. The van der Waals surface area contributed by atoms with Gasteiger partial charge in [-0.25, -0.2) is 0 Å². The van der Waals surface area contributed by atoms with E-state index in [9.17, 15) is 14.4 Å². The molecule has 0 bridgehead atoms. The fourth-order valence-electron chi connectivity index (χ4n) is 2.90. The zero-order valence-corrected chi connectivity index (χ0v) is 15.1. The van der Waals surface area contributed by atoms with Crippen molar-refractivity contribution in [2.75, 3.05) is 6.54 Å². The molecule has 3 aromatic rings. The van der Waals surface area contributed by atoms with Crippen LogP contribution in [0.2, 0.25) is 0 Å². The molecule has 28 heavy (non-hydrogen) atoms. The highest BCUT2D eigenvalue weighted by molar-refractivity contribution is 5.81. The lowest BCUT2D eigenvalue weighted by Crippen LogP contribution is -2.40. The van der Waals surface area contributed by atoms with Crippen molar-refractivity contribution in [1.29, 1.82) is 0 Å². The van der Waals surface area contributed by atoms with E-state index in [0.717, 1.165) is 10.2 Å². The number of carboxylic acids is 1. The number of rotatable bonds is 8. The Morgan fingerprint density at radius 2 is 1.79 bits per heavy atom. The van der Waals surface area contributed by atoms with Gasteiger partial charge in [0.15, 0.2) is 0 Å². The van der Waals surface area contributed by atoms with Gasteiger partial charge in [0.25, 0.3) is 5.56 Å². The fourth-order valence-corrected chi connectivity index (χ4v) is 2.90. The SMILES string of the molecule is O=C(O)CCCNC(=O)[C@H](Cc1ccccc1)n1nnc2ccccc2c1=O. The van der Waals surface area contributed by atoms with Gasteiger partial charge in [-0.2, -0.15) is 4.68 Å². The zero-order chi connectivity index (χ0) is 19.9. The highest BCUT2D eigenvalue weighted by atomic mass is 16.4. The number of fused-ring (bicyclic) bond motifs is 1. The van der Waals surface area contributed by atoms with Crippen LogP contribution < -0.4 is 10.9 Å². The summed E-state index contributed by atoms with van der Waals surface area (Å²) in [6, 6.07) is 15.2. The Bertz CT molecular complexity index is 1030. The minimum atomic E-state index is -0.924. The van der Waals surface area contributed by atoms with Crippen LogP contribution in [0.5, 0.6) is 0 Å². The Labute approximate surface area is 160 Å². The average Bonchev–Trinajstić information content (AvgIpc) is 2.71. The first-order chi connectivity index (χ1) is 13.6. The summed E-state index contributed by atoms with van der Waals surface area (Å²) < 4.78 is 1.10. The Kier molecular flexibility index (Phi) is 6.11. The summed E-state index contributed by atoms with van der Waals surface area (Å²) in [4.78, 5) is 36.3. The van der Waals surface area contributed by atoms with Crippen LogP contribution in [0.25, 0.3) is 10.9 Å². The lowest BCUT2D eigenvalue weighted by atomic mass is 10.1. The van der Waals surface area contributed by atoms with Gasteiger partial charge >= 0.3 is 5.97 Å². The van der Waals surface area contributed by atoms with Crippen molar-refractivity contribution in [3.8, 4) is 0 Å². The molecule has 8 nitrogen and oxygen atoms in total. The molecular weight excluding hydrogens is 360 g/mol. The van der Waals surface area contributed by atoms with Crippen LogP contribution in [0.4, 0.5) is 0 Å². The number of amides is 1. The van der Waals surface area contributed by atoms with E-state index in [0.29, 0.717) is 17.3 Å². The number of hydrogen-bond donors (Lipinski definition) is 2. The van der Waals surface area contributed by atoms with Crippen LogP contribution >= 0.6 is 0 Å². The molecule has 0 saturated carbocycles. The van der Waals surface area contributed by atoms with Crippen LogP contribution in [-0.2, 0) is 16.0 Å². The molecule has 0 saturated heterocycles. The van der Waals surface area contributed by atoms with Crippen LogP contribution in [0.1, 0.15) is 24.4 Å². The number of aliphatic carboxylic acids is 1. The fraction of sp³-hybridized carbons (Fsp3) is 0.250. The highest BCUT2D eigenvalue weighted by Gasteiger charge is 2.24. The Balaban J connectivity index is 1.90. The second kappa shape index (κ2) is 8.90. The van der Waals surface area contributed by atoms with Crippen molar-refractivity contribution in [2.24, 2.45) is 0 Å². The summed E-state index contributed by atoms with van der Waals surface area (Å²) in [6.45, 7) is 0.201. The van der Waals surface area contributed by atoms with Gasteiger partial charge in [0.2, 0.25) is 5.91 Å². The third-order valence-electron chi connectivity index (χ3n) is 4.33. The maximum atomic E-state index is 12.9. The van der Waals surface area contributed by atoms with Crippen molar-refractivity contribution in [3.63, 3.8) is 0 Å². The summed E-state index contributed by atoms with van der Waals surface area (Å²) in [5.41, 5.74) is 0.936. The van der Waals surface area contributed by atoms with Crippen molar-refractivity contribution >= 4 is 22.8 Å². The molecular formula is C20H20N4O4. The van der Waals surface area contributed by atoms with Gasteiger partial charge in [0.1, 0.15) is 11.6 Å². The number of benzene rings is 2. The van der Waals surface area contributed by atoms with Gasteiger partial charge < -0.3 is 10.4 Å². The van der Waals surface area contributed by atoms with Crippen molar-refractivity contribution in [1.82, 2.24) is 20.3 Å². The normalized spacial score (nSPS) is 11.9. The van der Waals surface area contributed by atoms with Crippen molar-refractivity contribution < 1.29 is 14.7 Å². The van der Waals surface area contributed by atoms with E-state index in [1.165, 1.54) is 0 Å². The van der Waals surface area contributed by atoms with Gasteiger partial charge in [0.05, 0.1) is 5.39 Å².